The van der Waals surface area contributed by atoms with Crippen molar-refractivity contribution >= 4 is 11.4 Å². The van der Waals surface area contributed by atoms with Crippen LogP contribution < -0.4 is 9.80 Å². The molecule has 0 spiro atoms. The van der Waals surface area contributed by atoms with Crippen LogP contribution in [0.3, 0.4) is 0 Å². The lowest BCUT2D eigenvalue weighted by Gasteiger charge is -2.32. The fourth-order valence-electron chi connectivity index (χ4n) is 2.92. The predicted octanol–water partition coefficient (Wildman–Crippen LogP) is 2.22. The second-order valence-electron chi connectivity index (χ2n) is 5.35. The lowest BCUT2D eigenvalue weighted by molar-refractivity contribution is 0.122. The second-order valence-corrected chi connectivity index (χ2v) is 5.35. The first kappa shape index (κ1) is 12.6. The van der Waals surface area contributed by atoms with E-state index in [1.54, 1.807) is 0 Å². The average Bonchev–Trinajstić information content (AvgIpc) is 2.48. The molecule has 0 unspecified atom stereocenters. The number of hydrogen-bond acceptors (Lipinski definition) is 4. The average molecular weight is 262 g/mol. The SMILES string of the molecule is Oc1cc(N2CCCCC2)cc(N2CCOCC2)c1. The van der Waals surface area contributed by atoms with Gasteiger partial charge in [-0.1, -0.05) is 0 Å². The zero-order chi connectivity index (χ0) is 13.1. The quantitative estimate of drug-likeness (QED) is 0.886. The second kappa shape index (κ2) is 5.70. The van der Waals surface area contributed by atoms with Gasteiger partial charge in [0.2, 0.25) is 0 Å². The number of benzene rings is 1. The zero-order valence-electron chi connectivity index (χ0n) is 11.3. The highest BCUT2D eigenvalue weighted by Crippen LogP contribution is 2.30. The number of phenolic OH excluding ortho intramolecular Hbond substituents is 1. The largest absolute Gasteiger partial charge is 0.508 e. The van der Waals surface area contributed by atoms with Crippen molar-refractivity contribution in [3.8, 4) is 5.75 Å². The molecule has 0 atom stereocenters. The fourth-order valence-corrected chi connectivity index (χ4v) is 2.92. The highest BCUT2D eigenvalue weighted by molar-refractivity contribution is 5.63. The molecular formula is C15H22N2O2. The molecule has 1 aromatic rings. The van der Waals surface area contributed by atoms with Crippen LogP contribution in [0.5, 0.6) is 5.75 Å². The minimum Gasteiger partial charge on any atom is -0.508 e. The number of hydrogen-bond donors (Lipinski definition) is 1. The first-order valence-electron chi connectivity index (χ1n) is 7.25. The molecule has 3 rings (SSSR count). The van der Waals surface area contributed by atoms with E-state index >= 15 is 0 Å². The van der Waals surface area contributed by atoms with Gasteiger partial charge < -0.3 is 19.6 Å². The van der Waals surface area contributed by atoms with E-state index < -0.39 is 0 Å². The highest BCUT2D eigenvalue weighted by Gasteiger charge is 2.16. The minimum absolute atomic E-state index is 0.365. The Morgan fingerprint density at radius 1 is 0.789 bits per heavy atom. The molecular weight excluding hydrogens is 240 g/mol. The number of rotatable bonds is 2. The van der Waals surface area contributed by atoms with Gasteiger partial charge in [-0.3, -0.25) is 0 Å². The molecule has 1 aromatic carbocycles. The lowest BCUT2D eigenvalue weighted by atomic mass is 10.1. The Balaban J connectivity index is 1.82. The summed E-state index contributed by atoms with van der Waals surface area (Å²) in [5, 5.41) is 9.97. The Morgan fingerprint density at radius 2 is 1.37 bits per heavy atom. The van der Waals surface area contributed by atoms with Gasteiger partial charge in [-0.15, -0.1) is 0 Å². The van der Waals surface area contributed by atoms with Crippen LogP contribution in [0.25, 0.3) is 0 Å². The fraction of sp³-hybridized carbons (Fsp3) is 0.600. The minimum atomic E-state index is 0.365. The number of phenols is 1. The van der Waals surface area contributed by atoms with Crippen LogP contribution in [0.4, 0.5) is 11.4 Å². The van der Waals surface area contributed by atoms with Gasteiger partial charge >= 0.3 is 0 Å². The van der Waals surface area contributed by atoms with Crippen molar-refractivity contribution in [1.29, 1.82) is 0 Å². The van der Waals surface area contributed by atoms with Crippen molar-refractivity contribution in [3.05, 3.63) is 18.2 Å². The Kier molecular flexibility index (Phi) is 3.78. The predicted molar refractivity (Wildman–Crippen MR) is 77.2 cm³/mol. The molecule has 0 aliphatic carbocycles. The normalized spacial score (nSPS) is 20.6. The van der Waals surface area contributed by atoms with Crippen LogP contribution >= 0.6 is 0 Å². The zero-order valence-corrected chi connectivity index (χ0v) is 11.3. The van der Waals surface area contributed by atoms with Crippen LogP contribution in [0, 0.1) is 0 Å². The molecule has 0 bridgehead atoms. The van der Waals surface area contributed by atoms with Gasteiger partial charge in [-0.2, -0.15) is 0 Å². The molecule has 0 amide bonds. The molecule has 0 aromatic heterocycles. The van der Waals surface area contributed by atoms with E-state index in [0.29, 0.717) is 5.75 Å². The third kappa shape index (κ3) is 2.95. The van der Waals surface area contributed by atoms with E-state index in [1.165, 1.54) is 19.3 Å². The molecule has 4 nitrogen and oxygen atoms in total. The molecule has 19 heavy (non-hydrogen) atoms. The number of anilines is 2. The highest BCUT2D eigenvalue weighted by atomic mass is 16.5. The summed E-state index contributed by atoms with van der Waals surface area (Å²) in [5.74, 6) is 0.365. The van der Waals surface area contributed by atoms with Gasteiger partial charge in [0, 0.05) is 49.7 Å². The number of nitrogens with zero attached hydrogens (tertiary/aromatic N) is 2. The summed E-state index contributed by atoms with van der Waals surface area (Å²) >= 11 is 0. The number of piperidine rings is 1. The summed E-state index contributed by atoms with van der Waals surface area (Å²) in [6.45, 7) is 5.56. The first-order chi connectivity index (χ1) is 9.33. The molecule has 0 radical (unpaired) electrons. The van der Waals surface area contributed by atoms with Gasteiger partial charge in [-0.25, -0.2) is 0 Å². The van der Waals surface area contributed by atoms with Gasteiger partial charge in [-0.05, 0) is 25.3 Å². The van der Waals surface area contributed by atoms with E-state index in [-0.39, 0.29) is 0 Å². The van der Waals surface area contributed by atoms with Gasteiger partial charge in [0.1, 0.15) is 5.75 Å². The monoisotopic (exact) mass is 262 g/mol. The van der Waals surface area contributed by atoms with Crippen LogP contribution in [0.2, 0.25) is 0 Å². The smallest absolute Gasteiger partial charge is 0.119 e. The van der Waals surface area contributed by atoms with E-state index in [2.05, 4.69) is 15.9 Å². The number of ether oxygens (including phenoxy) is 1. The third-order valence-electron chi connectivity index (χ3n) is 3.98. The van der Waals surface area contributed by atoms with Crippen molar-refractivity contribution in [1.82, 2.24) is 0 Å². The maximum atomic E-state index is 9.97. The summed E-state index contributed by atoms with van der Waals surface area (Å²) in [7, 11) is 0. The van der Waals surface area contributed by atoms with Gasteiger partial charge in [0.25, 0.3) is 0 Å². The van der Waals surface area contributed by atoms with E-state index in [1.807, 2.05) is 12.1 Å². The Hall–Kier alpha value is -1.42. The van der Waals surface area contributed by atoms with Crippen LogP contribution in [-0.4, -0.2) is 44.5 Å². The molecule has 2 aliphatic heterocycles. The Morgan fingerprint density at radius 3 is 2.00 bits per heavy atom. The lowest BCUT2D eigenvalue weighted by Crippen LogP contribution is -2.36. The van der Waals surface area contributed by atoms with E-state index in [9.17, 15) is 5.11 Å². The summed E-state index contributed by atoms with van der Waals surface area (Å²) in [6.07, 6.45) is 3.83. The van der Waals surface area contributed by atoms with Crippen molar-refractivity contribution in [2.24, 2.45) is 0 Å². The summed E-state index contributed by atoms with van der Waals surface area (Å²) in [6, 6.07) is 5.95. The van der Waals surface area contributed by atoms with E-state index in [4.69, 9.17) is 4.74 Å². The van der Waals surface area contributed by atoms with Crippen LogP contribution in [0.15, 0.2) is 18.2 Å². The van der Waals surface area contributed by atoms with Gasteiger partial charge in [0.05, 0.1) is 13.2 Å². The van der Waals surface area contributed by atoms with E-state index in [0.717, 1.165) is 50.8 Å². The van der Waals surface area contributed by atoms with Crippen molar-refractivity contribution in [3.63, 3.8) is 0 Å². The molecule has 2 fully saturated rings. The van der Waals surface area contributed by atoms with Gasteiger partial charge in [0.15, 0.2) is 0 Å². The standard InChI is InChI=1S/C15H22N2O2/c18-15-11-13(16-4-2-1-3-5-16)10-14(12-15)17-6-8-19-9-7-17/h10-12,18H,1-9H2. The van der Waals surface area contributed by atoms with Crippen LogP contribution in [0.1, 0.15) is 19.3 Å². The molecule has 0 saturated carbocycles. The summed E-state index contributed by atoms with van der Waals surface area (Å²) < 4.78 is 5.38. The molecule has 104 valence electrons. The molecule has 2 heterocycles. The van der Waals surface area contributed by atoms with Crippen molar-refractivity contribution in [2.75, 3.05) is 49.2 Å². The van der Waals surface area contributed by atoms with Crippen molar-refractivity contribution < 1.29 is 9.84 Å². The molecule has 2 saturated heterocycles. The molecule has 1 N–H and O–H groups in total. The molecule has 4 heteroatoms. The Labute approximate surface area is 114 Å². The first-order valence-corrected chi connectivity index (χ1v) is 7.25. The number of aromatic hydroxyl groups is 1. The summed E-state index contributed by atoms with van der Waals surface area (Å²) in [4.78, 5) is 4.67. The summed E-state index contributed by atoms with van der Waals surface area (Å²) in [5.41, 5.74) is 2.27. The number of morpholine rings is 1. The molecule has 2 aliphatic rings. The maximum absolute atomic E-state index is 9.97. The third-order valence-corrected chi connectivity index (χ3v) is 3.98. The Bertz CT molecular complexity index is 388. The topological polar surface area (TPSA) is 35.9 Å². The maximum Gasteiger partial charge on any atom is 0.119 e. The van der Waals surface area contributed by atoms with Crippen molar-refractivity contribution in [2.45, 2.75) is 19.3 Å². The van der Waals surface area contributed by atoms with Crippen LogP contribution in [-0.2, 0) is 4.74 Å².